The minimum absolute atomic E-state index is 0.374. The number of benzene rings is 2. The van der Waals surface area contributed by atoms with E-state index in [-0.39, 0.29) is 5.91 Å². The maximum absolute atomic E-state index is 12.9. The van der Waals surface area contributed by atoms with Crippen molar-refractivity contribution in [2.45, 2.75) is 20.8 Å². The Hall–Kier alpha value is -2.82. The lowest BCUT2D eigenvalue weighted by atomic mass is 10.1. The maximum atomic E-state index is 12.9. The lowest BCUT2D eigenvalue weighted by molar-refractivity contribution is -0.130. The van der Waals surface area contributed by atoms with Gasteiger partial charge in [-0.2, -0.15) is 0 Å². The summed E-state index contributed by atoms with van der Waals surface area (Å²) in [6.07, 6.45) is 0. The first-order valence-electron chi connectivity index (χ1n) is 7.69. The summed E-state index contributed by atoms with van der Waals surface area (Å²) in [7, 11) is 1.56. The second-order valence-electron chi connectivity index (χ2n) is 5.85. The zero-order chi connectivity index (χ0) is 17.9. The topological polar surface area (TPSA) is 72.6 Å². The number of anilines is 2. The third-order valence-electron chi connectivity index (χ3n) is 3.79. The molecule has 2 aromatic rings. The minimum Gasteiger partial charge on any atom is -0.497 e. The molecule has 0 saturated carbocycles. The van der Waals surface area contributed by atoms with Gasteiger partial charge in [0.1, 0.15) is 11.7 Å². The molecule has 126 valence electrons. The summed E-state index contributed by atoms with van der Waals surface area (Å²) in [4.78, 5) is 25.9. The first-order valence-corrected chi connectivity index (χ1v) is 7.69. The van der Waals surface area contributed by atoms with Gasteiger partial charge in [-0.05, 0) is 56.2 Å². The summed E-state index contributed by atoms with van der Waals surface area (Å²) in [6.45, 7) is 5.44. The third-order valence-corrected chi connectivity index (χ3v) is 3.79. The van der Waals surface area contributed by atoms with Crippen LogP contribution in [0, 0.1) is 19.8 Å². The van der Waals surface area contributed by atoms with Gasteiger partial charge in [0.25, 0.3) is 0 Å². The quantitative estimate of drug-likeness (QED) is 0.858. The number of hydrogen-bond donors (Lipinski definition) is 1. The van der Waals surface area contributed by atoms with Crippen LogP contribution in [0.3, 0.4) is 0 Å². The summed E-state index contributed by atoms with van der Waals surface area (Å²) in [5, 5.41) is 0. The van der Waals surface area contributed by atoms with Gasteiger partial charge in [-0.15, -0.1) is 0 Å². The molecule has 0 aromatic heterocycles. The van der Waals surface area contributed by atoms with Crippen LogP contribution in [-0.2, 0) is 9.59 Å². The van der Waals surface area contributed by atoms with Gasteiger partial charge in [-0.25, -0.2) is 0 Å². The third kappa shape index (κ3) is 3.74. The highest BCUT2D eigenvalue weighted by atomic mass is 16.5. The molecule has 0 spiro atoms. The molecule has 24 heavy (non-hydrogen) atoms. The number of carbonyl (C=O) groups excluding carboxylic acids is 2. The number of hydrogen-bond acceptors (Lipinski definition) is 3. The standard InChI is InChI=1S/C19H22N2O3/c1-12-8-13(2)10-16(9-12)21(19(23)14(3)18(20)22)15-6-5-7-17(11-15)24-4/h5-11,14H,1-4H3,(H2,20,22). The predicted molar refractivity (Wildman–Crippen MR) is 94.4 cm³/mol. The van der Waals surface area contributed by atoms with Crippen molar-refractivity contribution in [1.29, 1.82) is 0 Å². The Balaban J connectivity index is 2.60. The smallest absolute Gasteiger partial charge is 0.243 e. The number of aryl methyl sites for hydroxylation is 2. The molecule has 2 N–H and O–H groups in total. The van der Waals surface area contributed by atoms with Crippen LogP contribution in [0.1, 0.15) is 18.1 Å². The number of rotatable bonds is 5. The van der Waals surface area contributed by atoms with Gasteiger partial charge in [-0.3, -0.25) is 14.5 Å². The van der Waals surface area contributed by atoms with Crippen LogP contribution < -0.4 is 15.4 Å². The number of amides is 2. The molecule has 1 atom stereocenters. The maximum Gasteiger partial charge on any atom is 0.243 e. The number of ether oxygens (including phenoxy) is 1. The number of methoxy groups -OCH3 is 1. The fraction of sp³-hybridized carbons (Fsp3) is 0.263. The second-order valence-corrected chi connectivity index (χ2v) is 5.85. The highest BCUT2D eigenvalue weighted by Gasteiger charge is 2.27. The van der Waals surface area contributed by atoms with Crippen molar-refractivity contribution in [2.75, 3.05) is 12.0 Å². The Morgan fingerprint density at radius 1 is 1.04 bits per heavy atom. The first kappa shape index (κ1) is 17.5. The van der Waals surface area contributed by atoms with E-state index in [4.69, 9.17) is 10.5 Å². The zero-order valence-corrected chi connectivity index (χ0v) is 14.4. The number of primary amides is 1. The van der Waals surface area contributed by atoms with Crippen molar-refractivity contribution in [3.63, 3.8) is 0 Å². The van der Waals surface area contributed by atoms with E-state index in [2.05, 4.69) is 0 Å². The van der Waals surface area contributed by atoms with Gasteiger partial charge in [-0.1, -0.05) is 12.1 Å². The van der Waals surface area contributed by atoms with E-state index in [0.717, 1.165) is 11.1 Å². The average Bonchev–Trinajstić information content (AvgIpc) is 2.53. The lowest BCUT2D eigenvalue weighted by Gasteiger charge is -2.26. The van der Waals surface area contributed by atoms with Crippen molar-refractivity contribution in [3.8, 4) is 5.75 Å². The van der Waals surface area contributed by atoms with Crippen molar-refractivity contribution in [1.82, 2.24) is 0 Å². The zero-order valence-electron chi connectivity index (χ0n) is 14.4. The van der Waals surface area contributed by atoms with Gasteiger partial charge in [0.05, 0.1) is 12.8 Å². The minimum atomic E-state index is -0.933. The normalized spacial score (nSPS) is 11.7. The monoisotopic (exact) mass is 326 g/mol. The second kappa shape index (κ2) is 7.17. The molecule has 0 aliphatic carbocycles. The van der Waals surface area contributed by atoms with Gasteiger partial charge >= 0.3 is 0 Å². The number of nitrogens with two attached hydrogens (primary N) is 1. The van der Waals surface area contributed by atoms with Crippen LogP contribution in [-0.4, -0.2) is 18.9 Å². The van der Waals surface area contributed by atoms with E-state index >= 15 is 0 Å². The molecule has 2 aromatic carbocycles. The Morgan fingerprint density at radius 2 is 1.67 bits per heavy atom. The van der Waals surface area contributed by atoms with Crippen LogP contribution in [0.4, 0.5) is 11.4 Å². The van der Waals surface area contributed by atoms with Gasteiger partial charge in [0, 0.05) is 11.8 Å². The molecule has 1 unspecified atom stereocenters. The molecule has 0 aliphatic heterocycles. The van der Waals surface area contributed by atoms with E-state index in [1.54, 1.807) is 31.4 Å². The number of nitrogens with zero attached hydrogens (tertiary/aromatic N) is 1. The van der Waals surface area contributed by atoms with Gasteiger partial charge in [0.2, 0.25) is 11.8 Å². The molecule has 2 rings (SSSR count). The van der Waals surface area contributed by atoms with Crippen molar-refractivity contribution < 1.29 is 14.3 Å². The van der Waals surface area contributed by atoms with Crippen LogP contribution in [0.5, 0.6) is 5.75 Å². The summed E-state index contributed by atoms with van der Waals surface area (Å²) in [6, 6.07) is 13.0. The summed E-state index contributed by atoms with van der Waals surface area (Å²) in [5.41, 5.74) is 8.70. The van der Waals surface area contributed by atoms with Crippen molar-refractivity contribution in [3.05, 3.63) is 53.6 Å². The molecular weight excluding hydrogens is 304 g/mol. The predicted octanol–water partition coefficient (Wildman–Crippen LogP) is 3.10. The fourth-order valence-electron chi connectivity index (χ4n) is 2.55. The Bertz CT molecular complexity index is 751. The molecule has 0 aliphatic rings. The van der Waals surface area contributed by atoms with Crippen LogP contribution in [0.25, 0.3) is 0 Å². The molecule has 5 heteroatoms. The van der Waals surface area contributed by atoms with Crippen molar-refractivity contribution in [2.24, 2.45) is 11.7 Å². The molecule has 0 radical (unpaired) electrons. The molecular formula is C19H22N2O3. The molecule has 0 fully saturated rings. The van der Waals surface area contributed by atoms with E-state index in [1.807, 2.05) is 32.0 Å². The van der Waals surface area contributed by atoms with Crippen LogP contribution in [0.2, 0.25) is 0 Å². The highest BCUT2D eigenvalue weighted by Crippen LogP contribution is 2.31. The van der Waals surface area contributed by atoms with E-state index in [0.29, 0.717) is 17.1 Å². The molecule has 0 heterocycles. The fourth-order valence-corrected chi connectivity index (χ4v) is 2.55. The van der Waals surface area contributed by atoms with E-state index < -0.39 is 11.8 Å². The Kier molecular flexibility index (Phi) is 5.24. The molecule has 0 saturated heterocycles. The first-order chi connectivity index (χ1) is 11.3. The van der Waals surface area contributed by atoms with Crippen molar-refractivity contribution >= 4 is 23.2 Å². The Morgan fingerprint density at radius 3 is 2.21 bits per heavy atom. The van der Waals surface area contributed by atoms with Gasteiger partial charge < -0.3 is 10.5 Å². The number of carbonyl (C=O) groups is 2. The SMILES string of the molecule is COc1cccc(N(C(=O)C(C)C(N)=O)c2cc(C)cc(C)c2)c1. The average molecular weight is 326 g/mol. The summed E-state index contributed by atoms with van der Waals surface area (Å²) in [5.74, 6) is -1.34. The van der Waals surface area contributed by atoms with E-state index in [1.165, 1.54) is 11.8 Å². The molecule has 2 amide bonds. The molecule has 5 nitrogen and oxygen atoms in total. The Labute approximate surface area is 142 Å². The van der Waals surface area contributed by atoms with Crippen LogP contribution in [0.15, 0.2) is 42.5 Å². The summed E-state index contributed by atoms with van der Waals surface area (Å²) < 4.78 is 5.25. The summed E-state index contributed by atoms with van der Waals surface area (Å²) >= 11 is 0. The lowest BCUT2D eigenvalue weighted by Crippen LogP contribution is -2.38. The highest BCUT2D eigenvalue weighted by molar-refractivity contribution is 6.10. The van der Waals surface area contributed by atoms with Crippen LogP contribution >= 0.6 is 0 Å². The van der Waals surface area contributed by atoms with Gasteiger partial charge in [0.15, 0.2) is 0 Å². The van der Waals surface area contributed by atoms with E-state index in [9.17, 15) is 9.59 Å². The largest absolute Gasteiger partial charge is 0.497 e. The molecule has 0 bridgehead atoms.